The Morgan fingerprint density at radius 2 is 0.940 bits per heavy atom. The van der Waals surface area contributed by atoms with Crippen LogP contribution in [0.1, 0.15) is 47.9 Å². The Morgan fingerprint density at radius 3 is 1.32 bits per heavy atom. The van der Waals surface area contributed by atoms with E-state index in [-0.39, 0.29) is 25.0 Å². The fourth-order valence-electron chi connectivity index (χ4n) is 5.99. The second-order valence-corrected chi connectivity index (χ2v) is 12.2. The average molecular weight is 671 g/mol. The predicted molar refractivity (Wildman–Crippen MR) is 189 cm³/mol. The zero-order chi connectivity index (χ0) is 34.7. The lowest BCUT2D eigenvalue weighted by molar-refractivity contribution is -0.120. The zero-order valence-corrected chi connectivity index (χ0v) is 27.5. The molecule has 2 fully saturated rings. The van der Waals surface area contributed by atoms with Crippen molar-refractivity contribution in [3.8, 4) is 11.8 Å². The van der Waals surface area contributed by atoms with E-state index in [0.717, 1.165) is 35.1 Å². The summed E-state index contributed by atoms with van der Waals surface area (Å²) in [6, 6.07) is 32.0. The van der Waals surface area contributed by atoms with Crippen LogP contribution in [-0.2, 0) is 32.3 Å². The number of nitrogens with zero attached hydrogens (tertiary/aromatic N) is 2. The van der Waals surface area contributed by atoms with Crippen molar-refractivity contribution < 1.29 is 28.7 Å². The van der Waals surface area contributed by atoms with Gasteiger partial charge in [0.2, 0.25) is 11.8 Å². The summed E-state index contributed by atoms with van der Waals surface area (Å²) in [7, 11) is 0. The number of likely N-dealkylation sites (tertiary alicyclic amines) is 2. The van der Waals surface area contributed by atoms with E-state index < -0.39 is 24.3 Å². The van der Waals surface area contributed by atoms with Crippen LogP contribution in [0.3, 0.4) is 0 Å². The Morgan fingerprint density at radius 1 is 0.560 bits per heavy atom. The maximum atomic E-state index is 13.1. The molecule has 254 valence electrons. The molecular formula is C40H38N4O6. The monoisotopic (exact) mass is 670 g/mol. The van der Waals surface area contributed by atoms with Gasteiger partial charge in [-0.15, -0.1) is 0 Å². The Hall–Kier alpha value is -6.08. The van der Waals surface area contributed by atoms with Crippen molar-refractivity contribution in [2.45, 2.75) is 51.0 Å². The first-order valence-electron chi connectivity index (χ1n) is 16.7. The smallest absolute Gasteiger partial charge is 0.410 e. The summed E-state index contributed by atoms with van der Waals surface area (Å²) in [5.41, 5.74) is 4.50. The maximum absolute atomic E-state index is 13.1. The molecule has 0 aromatic heterocycles. The van der Waals surface area contributed by atoms with Crippen LogP contribution < -0.4 is 10.6 Å². The standard InChI is InChI=1S/C40H38N4O6/c45-37(35-13-7-25-43(35)39(47)49-27-31-9-3-1-4-10-31)41-33-21-17-29(18-22-33)15-16-30-19-23-34(24-20-30)42-38(46)36-14-8-26-44(36)40(48)50-28-32-11-5-2-6-12-32/h1-6,9-12,17-24,35-36H,7-8,13-14,25-28H2,(H,41,45)(H,42,46)/t35-,36-/m0/s1. The predicted octanol–water partition coefficient (Wildman–Crippen LogP) is 6.57. The highest BCUT2D eigenvalue weighted by molar-refractivity contribution is 5.97. The number of ether oxygens (including phenoxy) is 2. The Bertz CT molecular complexity index is 1720. The lowest BCUT2D eigenvalue weighted by atomic mass is 10.1. The molecule has 4 aromatic carbocycles. The van der Waals surface area contributed by atoms with Gasteiger partial charge in [-0.2, -0.15) is 0 Å². The molecule has 0 unspecified atom stereocenters. The number of benzene rings is 4. The normalized spacial score (nSPS) is 16.6. The number of carbonyl (C=O) groups excluding carboxylic acids is 4. The van der Waals surface area contributed by atoms with Crippen LogP contribution in [0.15, 0.2) is 109 Å². The summed E-state index contributed by atoms with van der Waals surface area (Å²) < 4.78 is 10.9. The van der Waals surface area contributed by atoms with E-state index in [1.807, 2.05) is 84.9 Å². The number of amides is 4. The summed E-state index contributed by atoms with van der Waals surface area (Å²) in [4.78, 5) is 54.5. The van der Waals surface area contributed by atoms with Crippen molar-refractivity contribution in [3.63, 3.8) is 0 Å². The van der Waals surface area contributed by atoms with Crippen molar-refractivity contribution in [1.82, 2.24) is 9.80 Å². The molecule has 4 amide bonds. The lowest BCUT2D eigenvalue weighted by Crippen LogP contribution is -2.43. The molecule has 4 aromatic rings. The van der Waals surface area contributed by atoms with Gasteiger partial charge < -0.3 is 20.1 Å². The summed E-state index contributed by atoms with van der Waals surface area (Å²) >= 11 is 0. The third-order valence-electron chi connectivity index (χ3n) is 8.65. The first-order valence-corrected chi connectivity index (χ1v) is 16.7. The van der Waals surface area contributed by atoms with E-state index in [9.17, 15) is 19.2 Å². The molecule has 2 heterocycles. The van der Waals surface area contributed by atoms with Gasteiger partial charge in [0.25, 0.3) is 0 Å². The molecule has 2 saturated heterocycles. The number of anilines is 2. The van der Waals surface area contributed by atoms with Crippen LogP contribution in [0.4, 0.5) is 21.0 Å². The average Bonchev–Trinajstić information content (AvgIpc) is 3.86. The van der Waals surface area contributed by atoms with Gasteiger partial charge in [-0.1, -0.05) is 72.5 Å². The topological polar surface area (TPSA) is 117 Å². The Kier molecular flexibility index (Phi) is 11.1. The summed E-state index contributed by atoms with van der Waals surface area (Å²) in [5, 5.41) is 5.82. The minimum atomic E-state index is -0.593. The second kappa shape index (κ2) is 16.3. The number of carbonyl (C=O) groups is 4. The van der Waals surface area contributed by atoms with Gasteiger partial charge in [-0.05, 0) is 85.3 Å². The van der Waals surface area contributed by atoms with Crippen LogP contribution in [0, 0.1) is 11.8 Å². The third kappa shape index (κ3) is 8.88. The summed E-state index contributed by atoms with van der Waals surface area (Å²) in [5.74, 6) is 5.72. The lowest BCUT2D eigenvalue weighted by Gasteiger charge is -2.23. The highest BCUT2D eigenvalue weighted by Crippen LogP contribution is 2.23. The molecule has 10 heteroatoms. The molecule has 0 radical (unpaired) electrons. The molecule has 6 rings (SSSR count). The van der Waals surface area contributed by atoms with Crippen LogP contribution in [0.25, 0.3) is 0 Å². The van der Waals surface area contributed by atoms with E-state index in [2.05, 4.69) is 22.5 Å². The molecule has 10 nitrogen and oxygen atoms in total. The van der Waals surface area contributed by atoms with Gasteiger partial charge in [0.05, 0.1) is 0 Å². The molecule has 2 atom stereocenters. The molecule has 0 bridgehead atoms. The molecule has 0 aliphatic carbocycles. The van der Waals surface area contributed by atoms with E-state index in [1.54, 1.807) is 24.3 Å². The zero-order valence-electron chi connectivity index (χ0n) is 27.5. The third-order valence-corrected chi connectivity index (χ3v) is 8.65. The first-order chi connectivity index (χ1) is 24.4. The van der Waals surface area contributed by atoms with Crippen molar-refractivity contribution in [2.75, 3.05) is 23.7 Å². The van der Waals surface area contributed by atoms with Crippen LogP contribution in [0.5, 0.6) is 0 Å². The van der Waals surface area contributed by atoms with Gasteiger partial charge in [-0.3, -0.25) is 19.4 Å². The van der Waals surface area contributed by atoms with Gasteiger partial charge in [-0.25, -0.2) is 9.59 Å². The number of nitrogens with one attached hydrogen (secondary N) is 2. The summed E-state index contributed by atoms with van der Waals surface area (Å²) in [6.45, 7) is 1.25. The quantitative estimate of drug-likeness (QED) is 0.205. The van der Waals surface area contributed by atoms with Gasteiger partial charge in [0.1, 0.15) is 25.3 Å². The van der Waals surface area contributed by atoms with E-state index in [1.165, 1.54) is 9.80 Å². The molecule has 0 spiro atoms. The SMILES string of the molecule is O=C(Nc1ccc(C#Cc2ccc(NC(=O)[C@@H]3CCCN3C(=O)OCc3ccccc3)cc2)cc1)[C@@H]1CCCN1C(=O)OCc1ccccc1. The van der Waals surface area contributed by atoms with Crippen molar-refractivity contribution in [2.24, 2.45) is 0 Å². The molecule has 0 saturated carbocycles. The first kappa shape index (κ1) is 33.8. The van der Waals surface area contributed by atoms with E-state index in [0.29, 0.717) is 37.3 Å². The number of hydrogen-bond acceptors (Lipinski definition) is 6. The van der Waals surface area contributed by atoms with Crippen LogP contribution in [-0.4, -0.2) is 59.0 Å². The fourth-order valence-corrected chi connectivity index (χ4v) is 5.99. The molecule has 2 N–H and O–H groups in total. The van der Waals surface area contributed by atoms with Crippen LogP contribution >= 0.6 is 0 Å². The highest BCUT2D eigenvalue weighted by atomic mass is 16.6. The van der Waals surface area contributed by atoms with E-state index in [4.69, 9.17) is 9.47 Å². The number of hydrogen-bond donors (Lipinski definition) is 2. The second-order valence-electron chi connectivity index (χ2n) is 12.2. The molecule has 50 heavy (non-hydrogen) atoms. The Balaban J connectivity index is 0.971. The largest absolute Gasteiger partial charge is 0.445 e. The summed E-state index contributed by atoms with van der Waals surface area (Å²) in [6.07, 6.45) is 1.61. The molecule has 2 aliphatic heterocycles. The van der Waals surface area contributed by atoms with Crippen LogP contribution in [0.2, 0.25) is 0 Å². The minimum absolute atomic E-state index is 0.155. The maximum Gasteiger partial charge on any atom is 0.410 e. The van der Waals surface area contributed by atoms with Crippen molar-refractivity contribution in [1.29, 1.82) is 0 Å². The van der Waals surface area contributed by atoms with Crippen molar-refractivity contribution >= 4 is 35.4 Å². The van der Waals surface area contributed by atoms with Gasteiger partial charge in [0, 0.05) is 35.6 Å². The number of rotatable bonds is 8. The van der Waals surface area contributed by atoms with Gasteiger partial charge in [0.15, 0.2) is 0 Å². The van der Waals surface area contributed by atoms with Gasteiger partial charge >= 0.3 is 12.2 Å². The fraction of sp³-hybridized carbons (Fsp3) is 0.250. The molecular weight excluding hydrogens is 632 g/mol. The van der Waals surface area contributed by atoms with Crippen molar-refractivity contribution in [3.05, 3.63) is 131 Å². The Labute approximate surface area is 291 Å². The van der Waals surface area contributed by atoms with E-state index >= 15 is 0 Å². The highest BCUT2D eigenvalue weighted by Gasteiger charge is 2.36. The molecule has 2 aliphatic rings. The minimum Gasteiger partial charge on any atom is -0.445 e.